The molecule has 0 saturated heterocycles. The van der Waals surface area contributed by atoms with Crippen LogP contribution in [0.3, 0.4) is 0 Å². The summed E-state index contributed by atoms with van der Waals surface area (Å²) in [5.41, 5.74) is 8.77. The Labute approximate surface area is 186 Å². The van der Waals surface area contributed by atoms with Gasteiger partial charge in [-0.1, -0.05) is 69.7 Å². The minimum absolute atomic E-state index is 0.265. The molecule has 0 spiro atoms. The SMILES string of the molecule is CC1(C)CCC(C)(C)c2cc(C34CCC(=CCc5ccc(C(=O)O)cc5)C3C4)ccc21. The Bertz CT molecular complexity index is 1070. The number of hydrogen-bond donors (Lipinski definition) is 1. The van der Waals surface area contributed by atoms with Crippen molar-refractivity contribution in [2.24, 2.45) is 5.92 Å². The Balaban J connectivity index is 1.37. The second kappa shape index (κ2) is 6.82. The Hall–Kier alpha value is -2.35. The van der Waals surface area contributed by atoms with E-state index in [4.69, 9.17) is 5.11 Å². The van der Waals surface area contributed by atoms with E-state index >= 15 is 0 Å². The molecule has 0 heterocycles. The van der Waals surface area contributed by atoms with Crippen LogP contribution in [-0.4, -0.2) is 11.1 Å². The van der Waals surface area contributed by atoms with Crippen molar-refractivity contribution in [3.8, 4) is 0 Å². The van der Waals surface area contributed by atoms with Crippen LogP contribution in [0.15, 0.2) is 54.1 Å². The summed E-state index contributed by atoms with van der Waals surface area (Å²) in [6.45, 7) is 9.64. The van der Waals surface area contributed by atoms with Crippen LogP contribution in [0.25, 0.3) is 0 Å². The van der Waals surface area contributed by atoms with E-state index in [-0.39, 0.29) is 10.8 Å². The van der Waals surface area contributed by atoms with Gasteiger partial charge in [-0.15, -0.1) is 0 Å². The number of carboxylic acid groups (broad SMARTS) is 1. The Kier molecular flexibility index (Phi) is 4.52. The molecule has 3 aliphatic rings. The molecule has 2 heteroatoms. The van der Waals surface area contributed by atoms with Crippen LogP contribution in [0, 0.1) is 5.92 Å². The number of fused-ring (bicyclic) bond motifs is 2. The van der Waals surface area contributed by atoms with Gasteiger partial charge in [-0.25, -0.2) is 4.79 Å². The van der Waals surface area contributed by atoms with Crippen molar-refractivity contribution in [2.75, 3.05) is 0 Å². The lowest BCUT2D eigenvalue weighted by Gasteiger charge is -2.42. The summed E-state index contributed by atoms with van der Waals surface area (Å²) < 4.78 is 0. The first-order valence-corrected chi connectivity index (χ1v) is 11.8. The molecule has 162 valence electrons. The highest BCUT2D eigenvalue weighted by Gasteiger charge is 2.60. The van der Waals surface area contributed by atoms with Gasteiger partial charge in [0.15, 0.2) is 0 Å². The first-order chi connectivity index (χ1) is 14.6. The fourth-order valence-electron chi connectivity index (χ4n) is 6.25. The van der Waals surface area contributed by atoms with Crippen LogP contribution in [-0.2, 0) is 22.7 Å². The van der Waals surface area contributed by atoms with Gasteiger partial charge in [-0.3, -0.25) is 0 Å². The van der Waals surface area contributed by atoms with Crippen molar-refractivity contribution in [1.29, 1.82) is 0 Å². The molecule has 2 atom stereocenters. The lowest BCUT2D eigenvalue weighted by Crippen LogP contribution is -2.34. The molecule has 0 radical (unpaired) electrons. The lowest BCUT2D eigenvalue weighted by atomic mass is 9.62. The third-order valence-corrected chi connectivity index (χ3v) is 8.61. The predicted molar refractivity (Wildman–Crippen MR) is 126 cm³/mol. The van der Waals surface area contributed by atoms with Crippen LogP contribution in [0.4, 0.5) is 0 Å². The molecule has 1 N–H and O–H groups in total. The van der Waals surface area contributed by atoms with E-state index in [2.05, 4.69) is 52.0 Å². The van der Waals surface area contributed by atoms with Crippen LogP contribution >= 0.6 is 0 Å². The van der Waals surface area contributed by atoms with Crippen LogP contribution in [0.2, 0.25) is 0 Å². The fourth-order valence-corrected chi connectivity index (χ4v) is 6.25. The molecule has 2 aromatic rings. The number of rotatable bonds is 4. The number of carboxylic acids is 1. The summed E-state index contributed by atoms with van der Waals surface area (Å²) in [5.74, 6) is -0.163. The topological polar surface area (TPSA) is 37.3 Å². The minimum Gasteiger partial charge on any atom is -0.478 e. The molecule has 2 aromatic carbocycles. The zero-order valence-electron chi connectivity index (χ0n) is 19.3. The summed E-state index contributed by atoms with van der Waals surface area (Å²) in [5, 5.41) is 9.08. The maximum atomic E-state index is 11.1. The summed E-state index contributed by atoms with van der Waals surface area (Å²) in [7, 11) is 0. The zero-order chi connectivity index (χ0) is 22.0. The van der Waals surface area contributed by atoms with Gasteiger partial charge in [-0.2, -0.15) is 0 Å². The number of allylic oxidation sites excluding steroid dienone is 2. The highest BCUT2D eigenvalue weighted by Crippen LogP contribution is 2.67. The van der Waals surface area contributed by atoms with Crippen LogP contribution in [0.5, 0.6) is 0 Å². The van der Waals surface area contributed by atoms with Gasteiger partial charge in [0.05, 0.1) is 5.56 Å². The number of benzene rings is 2. The molecular formula is C29H34O2. The van der Waals surface area contributed by atoms with Gasteiger partial charge < -0.3 is 5.11 Å². The van der Waals surface area contributed by atoms with E-state index in [0.29, 0.717) is 16.9 Å². The van der Waals surface area contributed by atoms with E-state index in [1.807, 2.05) is 12.1 Å². The Morgan fingerprint density at radius 3 is 2.29 bits per heavy atom. The lowest BCUT2D eigenvalue weighted by molar-refractivity contribution is 0.0697. The van der Waals surface area contributed by atoms with E-state index in [1.54, 1.807) is 34.4 Å². The highest BCUT2D eigenvalue weighted by atomic mass is 16.4. The number of aromatic carboxylic acids is 1. The Morgan fingerprint density at radius 1 is 0.968 bits per heavy atom. The van der Waals surface area contributed by atoms with Gasteiger partial charge in [0.2, 0.25) is 0 Å². The van der Waals surface area contributed by atoms with Crippen LogP contribution in [0.1, 0.15) is 92.4 Å². The molecule has 2 saturated carbocycles. The number of hydrogen-bond acceptors (Lipinski definition) is 1. The van der Waals surface area contributed by atoms with Gasteiger partial charge >= 0.3 is 5.97 Å². The summed E-state index contributed by atoms with van der Waals surface area (Å²) in [4.78, 5) is 11.1. The fraction of sp³-hybridized carbons (Fsp3) is 0.483. The first kappa shape index (κ1) is 20.5. The molecule has 2 unspecified atom stereocenters. The second-order valence-electron chi connectivity index (χ2n) is 11.4. The smallest absolute Gasteiger partial charge is 0.335 e. The molecule has 0 aliphatic heterocycles. The summed E-state index contributed by atoms with van der Waals surface area (Å²) >= 11 is 0. The largest absolute Gasteiger partial charge is 0.478 e. The molecule has 0 aromatic heterocycles. The molecule has 0 bridgehead atoms. The average Bonchev–Trinajstić information content (AvgIpc) is 3.37. The second-order valence-corrected chi connectivity index (χ2v) is 11.4. The van der Waals surface area contributed by atoms with E-state index in [0.717, 1.165) is 6.42 Å². The van der Waals surface area contributed by atoms with Crippen molar-refractivity contribution in [2.45, 2.75) is 82.5 Å². The maximum Gasteiger partial charge on any atom is 0.335 e. The highest BCUT2D eigenvalue weighted by molar-refractivity contribution is 5.87. The van der Waals surface area contributed by atoms with E-state index < -0.39 is 5.97 Å². The quantitative estimate of drug-likeness (QED) is 0.549. The van der Waals surface area contributed by atoms with Gasteiger partial charge in [0.25, 0.3) is 0 Å². The molecule has 2 fully saturated rings. The van der Waals surface area contributed by atoms with E-state index in [9.17, 15) is 4.79 Å². The molecule has 3 aliphatic carbocycles. The standard InChI is InChI=1S/C29H34O2/c1-27(2)15-16-28(3,4)24-17-22(11-12-23(24)27)29-14-13-20(25(29)18-29)8-5-19-6-9-21(10-7-19)26(30)31/h6-12,17,25H,5,13-16,18H2,1-4H3,(H,30,31). The van der Waals surface area contributed by atoms with Gasteiger partial charge in [0.1, 0.15) is 0 Å². The molecule has 0 amide bonds. The number of carbonyl (C=O) groups is 1. The summed E-state index contributed by atoms with van der Waals surface area (Å²) in [6.07, 6.45) is 9.60. The van der Waals surface area contributed by atoms with Crippen molar-refractivity contribution < 1.29 is 9.90 Å². The van der Waals surface area contributed by atoms with Crippen molar-refractivity contribution in [1.82, 2.24) is 0 Å². The van der Waals surface area contributed by atoms with Gasteiger partial charge in [-0.05, 0) is 89.7 Å². The van der Waals surface area contributed by atoms with Gasteiger partial charge in [0, 0.05) is 5.41 Å². The van der Waals surface area contributed by atoms with E-state index in [1.165, 1.54) is 37.7 Å². The average molecular weight is 415 g/mol. The predicted octanol–water partition coefficient (Wildman–Crippen LogP) is 6.95. The molecule has 5 rings (SSSR count). The minimum atomic E-state index is -0.861. The molecule has 31 heavy (non-hydrogen) atoms. The normalized spacial score (nSPS) is 28.8. The van der Waals surface area contributed by atoms with Crippen molar-refractivity contribution in [3.05, 3.63) is 81.9 Å². The van der Waals surface area contributed by atoms with Crippen molar-refractivity contribution >= 4 is 5.97 Å². The molecular weight excluding hydrogens is 380 g/mol. The van der Waals surface area contributed by atoms with Crippen LogP contribution < -0.4 is 0 Å². The Morgan fingerprint density at radius 2 is 1.65 bits per heavy atom. The summed E-state index contributed by atoms with van der Waals surface area (Å²) in [6, 6.07) is 14.8. The third-order valence-electron chi connectivity index (χ3n) is 8.61. The monoisotopic (exact) mass is 414 g/mol. The third kappa shape index (κ3) is 3.35. The molecule has 2 nitrogen and oxygen atoms in total. The maximum absolute atomic E-state index is 11.1. The van der Waals surface area contributed by atoms with Crippen molar-refractivity contribution in [3.63, 3.8) is 0 Å². The zero-order valence-corrected chi connectivity index (χ0v) is 19.3. The first-order valence-electron chi connectivity index (χ1n) is 11.8.